The van der Waals surface area contributed by atoms with Crippen LogP contribution in [0, 0.1) is 19.8 Å². The third kappa shape index (κ3) is 5.88. The van der Waals surface area contributed by atoms with Gasteiger partial charge in [-0.15, -0.1) is 11.8 Å². The van der Waals surface area contributed by atoms with Crippen LogP contribution in [0.25, 0.3) is 0 Å². The third-order valence-electron chi connectivity index (χ3n) is 5.88. The van der Waals surface area contributed by atoms with E-state index in [0.717, 1.165) is 59.5 Å². The molecule has 1 aliphatic carbocycles. The molecule has 0 saturated heterocycles. The van der Waals surface area contributed by atoms with Crippen molar-refractivity contribution >= 4 is 35.0 Å². The second-order valence-electron chi connectivity index (χ2n) is 8.10. The molecule has 0 bridgehead atoms. The van der Waals surface area contributed by atoms with Crippen LogP contribution in [0.1, 0.15) is 56.6 Å². The molecule has 0 spiro atoms. The van der Waals surface area contributed by atoms with Gasteiger partial charge in [0.25, 0.3) is 0 Å². The molecule has 0 aromatic heterocycles. The molecule has 3 rings (SSSR count). The van der Waals surface area contributed by atoms with E-state index in [1.54, 1.807) is 0 Å². The van der Waals surface area contributed by atoms with E-state index in [9.17, 15) is 9.59 Å². The summed E-state index contributed by atoms with van der Waals surface area (Å²) in [7, 11) is 0. The quantitative estimate of drug-likeness (QED) is 0.511. The van der Waals surface area contributed by atoms with Gasteiger partial charge in [-0.2, -0.15) is 0 Å². The molecule has 160 valence electrons. The normalized spacial score (nSPS) is 15.4. The zero-order valence-electron chi connectivity index (χ0n) is 18.2. The van der Waals surface area contributed by atoms with Crippen LogP contribution >= 0.6 is 11.8 Å². The molecule has 2 aromatic carbocycles. The third-order valence-corrected chi connectivity index (χ3v) is 7.24. The van der Waals surface area contributed by atoms with Crippen LogP contribution in [-0.2, 0) is 9.59 Å². The molecule has 2 amide bonds. The van der Waals surface area contributed by atoms with Crippen molar-refractivity contribution in [3.8, 4) is 0 Å². The number of amides is 2. The minimum atomic E-state index is -0.200. The Morgan fingerprint density at radius 1 is 1.03 bits per heavy atom. The highest BCUT2D eigenvalue weighted by molar-refractivity contribution is 8.00. The highest BCUT2D eigenvalue weighted by Crippen LogP contribution is 2.30. The molecule has 30 heavy (non-hydrogen) atoms. The SMILES string of the molecule is CCC(Sc1cccc(NC(=O)C2CCCCC2)c1)C(=O)Nc1cccc(C)c1C. The first-order valence-electron chi connectivity index (χ1n) is 10.9. The van der Waals surface area contributed by atoms with E-state index in [4.69, 9.17) is 0 Å². The lowest BCUT2D eigenvalue weighted by Gasteiger charge is -2.21. The van der Waals surface area contributed by atoms with Gasteiger partial charge in [-0.05, 0) is 68.5 Å². The molecule has 4 nitrogen and oxygen atoms in total. The number of thioether (sulfide) groups is 1. The minimum Gasteiger partial charge on any atom is -0.326 e. The van der Waals surface area contributed by atoms with Gasteiger partial charge in [0.1, 0.15) is 0 Å². The van der Waals surface area contributed by atoms with E-state index in [0.29, 0.717) is 0 Å². The van der Waals surface area contributed by atoms with Crippen LogP contribution in [0.5, 0.6) is 0 Å². The number of nitrogens with one attached hydrogen (secondary N) is 2. The molecule has 0 radical (unpaired) electrons. The first kappa shape index (κ1) is 22.4. The molecule has 0 aliphatic heterocycles. The van der Waals surface area contributed by atoms with Gasteiger partial charge in [0, 0.05) is 22.2 Å². The lowest BCUT2D eigenvalue weighted by Crippen LogP contribution is -2.25. The molecular weight excluding hydrogens is 392 g/mol. The number of anilines is 2. The van der Waals surface area contributed by atoms with E-state index in [1.165, 1.54) is 18.2 Å². The fraction of sp³-hybridized carbons (Fsp3) is 0.440. The second kappa shape index (κ2) is 10.7. The summed E-state index contributed by atoms with van der Waals surface area (Å²) < 4.78 is 0. The molecule has 2 aromatic rings. The fourth-order valence-electron chi connectivity index (χ4n) is 3.84. The Labute approximate surface area is 184 Å². The van der Waals surface area contributed by atoms with Crippen molar-refractivity contribution in [2.75, 3.05) is 10.6 Å². The summed E-state index contributed by atoms with van der Waals surface area (Å²) in [5.74, 6) is 0.256. The topological polar surface area (TPSA) is 58.2 Å². The van der Waals surface area contributed by atoms with Gasteiger partial charge in [0.05, 0.1) is 5.25 Å². The number of aryl methyl sites for hydroxylation is 1. The largest absolute Gasteiger partial charge is 0.326 e. The number of hydrogen-bond donors (Lipinski definition) is 2. The zero-order valence-corrected chi connectivity index (χ0v) is 19.0. The molecule has 5 heteroatoms. The molecular formula is C25H32N2O2S. The molecule has 1 atom stereocenters. The van der Waals surface area contributed by atoms with Gasteiger partial charge < -0.3 is 10.6 Å². The highest BCUT2D eigenvalue weighted by Gasteiger charge is 2.22. The zero-order chi connectivity index (χ0) is 21.5. The molecule has 0 heterocycles. The predicted molar refractivity (Wildman–Crippen MR) is 126 cm³/mol. The van der Waals surface area contributed by atoms with Crippen LogP contribution in [0.15, 0.2) is 47.4 Å². The number of rotatable bonds is 7. The summed E-state index contributed by atoms with van der Waals surface area (Å²) in [6, 6.07) is 13.8. The van der Waals surface area contributed by atoms with Crippen LogP contribution < -0.4 is 10.6 Å². The van der Waals surface area contributed by atoms with Crippen molar-refractivity contribution in [1.82, 2.24) is 0 Å². The van der Waals surface area contributed by atoms with E-state index in [2.05, 4.69) is 10.6 Å². The standard InChI is InChI=1S/C25H32N2O2S/c1-4-23(25(29)27-22-15-8-10-17(2)18(22)3)30-21-14-9-13-20(16-21)26-24(28)19-11-6-5-7-12-19/h8-10,13-16,19,23H,4-7,11-12H2,1-3H3,(H,26,28)(H,27,29). The average molecular weight is 425 g/mol. The van der Waals surface area contributed by atoms with E-state index in [1.807, 2.05) is 63.2 Å². The van der Waals surface area contributed by atoms with Crippen molar-refractivity contribution in [3.63, 3.8) is 0 Å². The summed E-state index contributed by atoms with van der Waals surface area (Å²) in [5, 5.41) is 5.96. The van der Waals surface area contributed by atoms with Crippen molar-refractivity contribution in [2.24, 2.45) is 5.92 Å². The van der Waals surface area contributed by atoms with Crippen LogP contribution in [0.2, 0.25) is 0 Å². The maximum absolute atomic E-state index is 12.9. The number of carbonyl (C=O) groups is 2. The Morgan fingerprint density at radius 3 is 2.50 bits per heavy atom. The summed E-state index contributed by atoms with van der Waals surface area (Å²) in [4.78, 5) is 26.4. The monoisotopic (exact) mass is 424 g/mol. The first-order valence-corrected chi connectivity index (χ1v) is 11.8. The van der Waals surface area contributed by atoms with Gasteiger partial charge in [-0.3, -0.25) is 9.59 Å². The van der Waals surface area contributed by atoms with Crippen molar-refractivity contribution < 1.29 is 9.59 Å². The maximum atomic E-state index is 12.9. The van der Waals surface area contributed by atoms with Crippen molar-refractivity contribution in [2.45, 2.75) is 69.4 Å². The Bertz CT molecular complexity index is 890. The number of carbonyl (C=O) groups excluding carboxylic acids is 2. The lowest BCUT2D eigenvalue weighted by molar-refractivity contribution is -0.120. The summed E-state index contributed by atoms with van der Waals surface area (Å²) in [5.41, 5.74) is 3.93. The second-order valence-corrected chi connectivity index (χ2v) is 9.38. The molecule has 1 saturated carbocycles. The fourth-order valence-corrected chi connectivity index (χ4v) is 4.86. The van der Waals surface area contributed by atoms with Crippen LogP contribution in [0.4, 0.5) is 11.4 Å². The lowest BCUT2D eigenvalue weighted by atomic mass is 9.88. The Kier molecular flexibility index (Phi) is 7.97. The Balaban J connectivity index is 1.63. The predicted octanol–water partition coefficient (Wildman–Crippen LogP) is 6.33. The highest BCUT2D eigenvalue weighted by atomic mass is 32.2. The Hall–Kier alpha value is -2.27. The molecule has 1 aliphatic rings. The smallest absolute Gasteiger partial charge is 0.237 e. The van der Waals surface area contributed by atoms with E-state index in [-0.39, 0.29) is 23.0 Å². The maximum Gasteiger partial charge on any atom is 0.237 e. The Morgan fingerprint density at radius 2 is 1.77 bits per heavy atom. The van der Waals surface area contributed by atoms with Gasteiger partial charge in [-0.1, -0.05) is 44.4 Å². The van der Waals surface area contributed by atoms with E-state index < -0.39 is 0 Å². The summed E-state index contributed by atoms with van der Waals surface area (Å²) in [6.45, 7) is 6.09. The number of hydrogen-bond acceptors (Lipinski definition) is 3. The van der Waals surface area contributed by atoms with Gasteiger partial charge in [-0.25, -0.2) is 0 Å². The minimum absolute atomic E-state index is 0.00726. The van der Waals surface area contributed by atoms with Crippen molar-refractivity contribution in [3.05, 3.63) is 53.6 Å². The van der Waals surface area contributed by atoms with Crippen LogP contribution in [0.3, 0.4) is 0 Å². The average Bonchev–Trinajstić information content (AvgIpc) is 2.76. The van der Waals surface area contributed by atoms with Crippen molar-refractivity contribution in [1.29, 1.82) is 0 Å². The van der Waals surface area contributed by atoms with Gasteiger partial charge in [0.15, 0.2) is 0 Å². The molecule has 1 fully saturated rings. The van der Waals surface area contributed by atoms with Gasteiger partial charge >= 0.3 is 0 Å². The molecule has 2 N–H and O–H groups in total. The first-order chi connectivity index (χ1) is 14.5. The summed E-state index contributed by atoms with van der Waals surface area (Å²) in [6.07, 6.45) is 6.20. The van der Waals surface area contributed by atoms with Crippen LogP contribution in [-0.4, -0.2) is 17.1 Å². The molecule has 1 unspecified atom stereocenters. The van der Waals surface area contributed by atoms with E-state index >= 15 is 0 Å². The summed E-state index contributed by atoms with van der Waals surface area (Å²) >= 11 is 1.54. The number of benzene rings is 2. The van der Waals surface area contributed by atoms with Gasteiger partial charge in [0.2, 0.25) is 11.8 Å².